The molecule has 11 heteroatoms. The fourth-order valence-corrected chi connectivity index (χ4v) is 5.58. The zero-order valence-electron chi connectivity index (χ0n) is 19.8. The molecule has 1 saturated heterocycles. The summed E-state index contributed by atoms with van der Waals surface area (Å²) in [5.74, 6) is -1.27. The van der Waals surface area contributed by atoms with Gasteiger partial charge in [-0.3, -0.25) is 19.4 Å². The molecule has 3 heterocycles. The maximum Gasteiger partial charge on any atom is 0.264 e. The van der Waals surface area contributed by atoms with Crippen molar-refractivity contribution < 1.29 is 14.4 Å². The molecule has 6 rings (SSSR count). The fraction of sp³-hybridized carbons (Fsp3) is 0.185. The molecule has 0 N–H and O–H groups in total. The molecule has 0 bridgehead atoms. The van der Waals surface area contributed by atoms with Crippen molar-refractivity contribution in [1.82, 2.24) is 10.0 Å². The van der Waals surface area contributed by atoms with Crippen LogP contribution in [0.5, 0.6) is 0 Å². The minimum Gasteiger partial charge on any atom is -0.271 e. The van der Waals surface area contributed by atoms with Gasteiger partial charge in [0.05, 0.1) is 17.4 Å². The summed E-state index contributed by atoms with van der Waals surface area (Å²) < 4.78 is 1.69. The van der Waals surface area contributed by atoms with Crippen LogP contribution in [0.4, 0.5) is 5.69 Å². The number of carbonyl (C=O) groups is 3. The van der Waals surface area contributed by atoms with E-state index in [0.717, 1.165) is 30.7 Å². The normalized spacial score (nSPS) is 22.3. The van der Waals surface area contributed by atoms with E-state index in [0.29, 0.717) is 12.1 Å². The van der Waals surface area contributed by atoms with Crippen LogP contribution in [0, 0.1) is 0 Å². The molecule has 0 aliphatic carbocycles. The predicted molar refractivity (Wildman–Crippen MR) is 147 cm³/mol. The smallest absolute Gasteiger partial charge is 0.264 e. The Morgan fingerprint density at radius 2 is 1.66 bits per heavy atom. The summed E-state index contributed by atoms with van der Waals surface area (Å²) in [6.45, 7) is -0.240. The molecule has 3 aliphatic rings. The van der Waals surface area contributed by atoms with Gasteiger partial charge in [-0.1, -0.05) is 85.6 Å². The van der Waals surface area contributed by atoms with E-state index in [9.17, 15) is 14.4 Å². The molecule has 0 aromatic heterocycles. The second-order valence-corrected chi connectivity index (χ2v) is 10.9. The third-order valence-electron chi connectivity index (χ3n) is 6.75. The van der Waals surface area contributed by atoms with Crippen LogP contribution in [0.25, 0.3) is 0 Å². The highest BCUT2D eigenvalue weighted by molar-refractivity contribution is 9.10. The molecule has 9 nitrogen and oxygen atoms in total. The maximum atomic E-state index is 13.6. The standard InChI is InChI=1S/C27H20Br2N6O3/c28-18-11-9-16(10-12-18)21-14-22(17-5-2-1-3-6-17)35(31-21)23(36)15-33-25-24(30-32-33)26(37)34(27(25)38)20-8-4-7-19(29)13-20/h1-13,22,24-25H,14-15H2/t22-,24+,25+/m0/s1. The van der Waals surface area contributed by atoms with Crippen molar-refractivity contribution >= 4 is 61.0 Å². The second-order valence-electron chi connectivity index (χ2n) is 9.11. The van der Waals surface area contributed by atoms with Gasteiger partial charge in [0.15, 0.2) is 12.1 Å². The van der Waals surface area contributed by atoms with Gasteiger partial charge in [0.25, 0.3) is 17.7 Å². The number of rotatable bonds is 5. The number of hydrogen-bond donors (Lipinski definition) is 0. The molecule has 0 radical (unpaired) electrons. The predicted octanol–water partition coefficient (Wildman–Crippen LogP) is 4.88. The van der Waals surface area contributed by atoms with Crippen molar-refractivity contribution in [3.05, 3.63) is 98.9 Å². The highest BCUT2D eigenvalue weighted by Gasteiger charge is 2.55. The average molecular weight is 636 g/mol. The third kappa shape index (κ3) is 4.35. The number of hydrogen-bond acceptors (Lipinski definition) is 7. The lowest BCUT2D eigenvalue weighted by Crippen LogP contribution is -2.44. The van der Waals surface area contributed by atoms with E-state index < -0.39 is 23.9 Å². The molecule has 0 spiro atoms. The minimum atomic E-state index is -0.986. The summed E-state index contributed by atoms with van der Waals surface area (Å²) in [4.78, 5) is 41.1. The van der Waals surface area contributed by atoms with Crippen molar-refractivity contribution in [2.75, 3.05) is 11.4 Å². The van der Waals surface area contributed by atoms with Crippen molar-refractivity contribution in [2.24, 2.45) is 15.4 Å². The lowest BCUT2D eigenvalue weighted by Gasteiger charge is -2.25. The maximum absolute atomic E-state index is 13.6. The Bertz CT molecular complexity index is 1490. The van der Waals surface area contributed by atoms with Gasteiger partial charge in [0.2, 0.25) is 0 Å². The SMILES string of the molecule is O=C1[C@@H]2N=NN(CC(=O)N3N=C(c4ccc(Br)cc4)C[C@H]3c3ccccc3)[C@H]2C(=O)N1c1cccc(Br)c1. The van der Waals surface area contributed by atoms with Crippen LogP contribution in [-0.2, 0) is 14.4 Å². The number of imide groups is 1. The van der Waals surface area contributed by atoms with E-state index in [1.54, 1.807) is 18.2 Å². The van der Waals surface area contributed by atoms with E-state index in [1.807, 2.05) is 60.7 Å². The van der Waals surface area contributed by atoms with Crippen molar-refractivity contribution in [3.63, 3.8) is 0 Å². The van der Waals surface area contributed by atoms with E-state index in [2.05, 4.69) is 42.2 Å². The number of amides is 3. The zero-order valence-corrected chi connectivity index (χ0v) is 23.0. The van der Waals surface area contributed by atoms with E-state index >= 15 is 0 Å². The summed E-state index contributed by atoms with van der Waals surface area (Å²) in [5.41, 5.74) is 3.10. The number of nitrogens with zero attached hydrogens (tertiary/aromatic N) is 6. The van der Waals surface area contributed by atoms with Crippen LogP contribution in [0.1, 0.15) is 23.6 Å². The molecular formula is C27H20Br2N6O3. The quantitative estimate of drug-likeness (QED) is 0.373. The monoisotopic (exact) mass is 634 g/mol. The first-order valence-corrected chi connectivity index (χ1v) is 13.5. The van der Waals surface area contributed by atoms with Crippen molar-refractivity contribution in [3.8, 4) is 0 Å². The van der Waals surface area contributed by atoms with Crippen LogP contribution in [0.2, 0.25) is 0 Å². The number of benzene rings is 3. The zero-order chi connectivity index (χ0) is 26.4. The molecule has 1 fully saturated rings. The lowest BCUT2D eigenvalue weighted by atomic mass is 9.98. The largest absolute Gasteiger partial charge is 0.271 e. The Morgan fingerprint density at radius 1 is 0.895 bits per heavy atom. The van der Waals surface area contributed by atoms with Crippen molar-refractivity contribution in [1.29, 1.82) is 0 Å². The average Bonchev–Trinajstić information content (AvgIpc) is 3.60. The number of anilines is 1. The highest BCUT2D eigenvalue weighted by atomic mass is 79.9. The van der Waals surface area contributed by atoms with Gasteiger partial charge in [0.1, 0.15) is 6.54 Å². The number of fused-ring (bicyclic) bond motifs is 1. The molecular weight excluding hydrogens is 616 g/mol. The van der Waals surface area contributed by atoms with Crippen LogP contribution in [0.3, 0.4) is 0 Å². The Labute approximate surface area is 235 Å². The van der Waals surface area contributed by atoms with Gasteiger partial charge in [-0.25, -0.2) is 9.91 Å². The van der Waals surface area contributed by atoms with E-state index in [1.165, 1.54) is 10.0 Å². The van der Waals surface area contributed by atoms with Crippen molar-refractivity contribution in [2.45, 2.75) is 24.5 Å². The summed E-state index contributed by atoms with van der Waals surface area (Å²) >= 11 is 6.83. The van der Waals surface area contributed by atoms with Gasteiger partial charge >= 0.3 is 0 Å². The van der Waals surface area contributed by atoms with Gasteiger partial charge in [-0.2, -0.15) is 10.2 Å². The first-order chi connectivity index (χ1) is 18.4. The Kier molecular flexibility index (Phi) is 6.40. The Morgan fingerprint density at radius 3 is 2.39 bits per heavy atom. The van der Waals surface area contributed by atoms with Gasteiger partial charge in [-0.05, 0) is 41.5 Å². The molecule has 3 aromatic carbocycles. The highest BCUT2D eigenvalue weighted by Crippen LogP contribution is 2.35. The van der Waals surface area contributed by atoms with Gasteiger partial charge in [0, 0.05) is 15.4 Å². The minimum absolute atomic E-state index is 0.240. The van der Waals surface area contributed by atoms with Crippen LogP contribution in [-0.4, -0.2) is 52.1 Å². The molecule has 3 amide bonds. The summed E-state index contributed by atoms with van der Waals surface area (Å²) in [7, 11) is 0. The molecule has 3 aliphatic heterocycles. The van der Waals surface area contributed by atoms with E-state index in [4.69, 9.17) is 5.10 Å². The molecule has 3 aromatic rings. The Balaban J connectivity index is 1.26. The topological polar surface area (TPSA) is 98.0 Å². The first-order valence-electron chi connectivity index (χ1n) is 11.9. The van der Waals surface area contributed by atoms with E-state index in [-0.39, 0.29) is 18.5 Å². The van der Waals surface area contributed by atoms with Gasteiger partial charge < -0.3 is 0 Å². The van der Waals surface area contributed by atoms with Crippen LogP contribution in [0.15, 0.2) is 103 Å². The Hall–Kier alpha value is -3.70. The summed E-state index contributed by atoms with van der Waals surface area (Å²) in [5, 5.41) is 15.6. The summed E-state index contributed by atoms with van der Waals surface area (Å²) in [6, 6.07) is 22.1. The fourth-order valence-electron chi connectivity index (χ4n) is 4.93. The second kappa shape index (κ2) is 9.88. The van der Waals surface area contributed by atoms with Gasteiger partial charge in [-0.15, -0.1) is 0 Å². The number of halogens is 2. The number of hydrazone groups is 1. The number of carbonyl (C=O) groups excluding carboxylic acids is 3. The molecule has 190 valence electrons. The third-order valence-corrected chi connectivity index (χ3v) is 7.77. The summed E-state index contributed by atoms with van der Waals surface area (Å²) in [6.07, 6.45) is 0.541. The lowest BCUT2D eigenvalue weighted by molar-refractivity contribution is -0.135. The molecule has 0 unspecified atom stereocenters. The first kappa shape index (κ1) is 24.6. The molecule has 3 atom stereocenters. The van der Waals surface area contributed by atoms with Crippen LogP contribution < -0.4 is 4.90 Å². The molecule has 0 saturated carbocycles. The molecule has 38 heavy (non-hydrogen) atoms. The van der Waals surface area contributed by atoms with Crippen LogP contribution >= 0.6 is 31.9 Å².